The first-order valence-electron chi connectivity index (χ1n) is 7.51. The molecule has 1 N–H and O–H groups in total. The topological polar surface area (TPSA) is 61.9 Å². The first kappa shape index (κ1) is 18.5. The van der Waals surface area contributed by atoms with Gasteiger partial charge in [-0.3, -0.25) is 9.69 Å². The number of aromatic amines is 1. The van der Waals surface area contributed by atoms with Crippen LogP contribution in [0.3, 0.4) is 0 Å². The molecule has 10 heteroatoms. The zero-order chi connectivity index (χ0) is 19.8. The molecule has 3 rings (SSSR count). The molecule has 0 aliphatic heterocycles. The van der Waals surface area contributed by atoms with Gasteiger partial charge in [-0.05, 0) is 31.2 Å². The Morgan fingerprint density at radius 3 is 2.30 bits per heavy atom. The third-order valence-electron chi connectivity index (χ3n) is 3.66. The molecule has 27 heavy (non-hydrogen) atoms. The number of carbonyl (C=O) groups excluding carboxylic acids is 1. The molecule has 0 radical (unpaired) electrons. The molecule has 5 nitrogen and oxygen atoms in total. The van der Waals surface area contributed by atoms with E-state index in [1.165, 1.54) is 19.1 Å². The molecule has 0 spiro atoms. The Labute approximate surface area is 149 Å². The maximum absolute atomic E-state index is 13.9. The summed E-state index contributed by atoms with van der Waals surface area (Å²) in [6.07, 6.45) is -3.46. The van der Waals surface area contributed by atoms with Gasteiger partial charge in [-0.25, -0.2) is 18.7 Å². The minimum atomic E-state index is -4.65. The number of imidazole rings is 1. The maximum Gasteiger partial charge on any atom is 0.433 e. The number of benzene rings is 1. The van der Waals surface area contributed by atoms with Gasteiger partial charge in [-0.1, -0.05) is 6.07 Å². The smallest absolute Gasteiger partial charge is 0.338 e. The fourth-order valence-corrected chi connectivity index (χ4v) is 2.51. The van der Waals surface area contributed by atoms with Crippen LogP contribution in [0.2, 0.25) is 0 Å². The second-order valence-electron chi connectivity index (χ2n) is 5.49. The Hall–Kier alpha value is -3.30. The van der Waals surface area contributed by atoms with Crippen LogP contribution >= 0.6 is 0 Å². The van der Waals surface area contributed by atoms with Crippen LogP contribution in [0.4, 0.5) is 33.5 Å². The summed E-state index contributed by atoms with van der Waals surface area (Å²) in [6, 6.07) is 5.45. The van der Waals surface area contributed by atoms with Crippen molar-refractivity contribution >= 4 is 17.9 Å². The molecule has 0 unspecified atom stereocenters. The molecule has 0 aliphatic rings. The van der Waals surface area contributed by atoms with Crippen molar-refractivity contribution in [2.45, 2.75) is 13.1 Å². The van der Waals surface area contributed by atoms with Crippen molar-refractivity contribution in [1.82, 2.24) is 15.0 Å². The van der Waals surface area contributed by atoms with Gasteiger partial charge < -0.3 is 4.98 Å². The number of para-hydroxylation sites is 1. The van der Waals surface area contributed by atoms with E-state index < -0.39 is 29.2 Å². The number of aryl methyl sites for hydroxylation is 1. The molecule has 0 fully saturated rings. The van der Waals surface area contributed by atoms with Gasteiger partial charge in [0.1, 0.15) is 40.4 Å². The predicted octanol–water partition coefficient (Wildman–Crippen LogP) is 4.37. The van der Waals surface area contributed by atoms with E-state index in [0.717, 1.165) is 24.4 Å². The Bertz CT molecular complexity index is 962. The lowest BCUT2D eigenvalue weighted by atomic mass is 10.1. The largest absolute Gasteiger partial charge is 0.433 e. The highest BCUT2D eigenvalue weighted by Gasteiger charge is 2.37. The lowest BCUT2D eigenvalue weighted by Crippen LogP contribution is -2.18. The molecule has 140 valence electrons. The molecule has 2 heterocycles. The lowest BCUT2D eigenvalue weighted by Gasteiger charge is -2.18. The second-order valence-corrected chi connectivity index (χ2v) is 5.49. The van der Waals surface area contributed by atoms with Gasteiger partial charge in [0.05, 0.1) is 0 Å². The Kier molecular flexibility index (Phi) is 4.64. The van der Waals surface area contributed by atoms with E-state index >= 15 is 0 Å². The number of amides is 1. The van der Waals surface area contributed by atoms with Crippen molar-refractivity contribution < 1.29 is 26.7 Å². The zero-order valence-corrected chi connectivity index (χ0v) is 13.7. The Morgan fingerprint density at radius 1 is 1.11 bits per heavy atom. The van der Waals surface area contributed by atoms with Crippen LogP contribution in [-0.4, -0.2) is 21.4 Å². The minimum Gasteiger partial charge on any atom is -0.338 e. The summed E-state index contributed by atoms with van der Waals surface area (Å²) in [7, 11) is 0. The molecule has 0 saturated carbocycles. The van der Waals surface area contributed by atoms with Crippen molar-refractivity contribution in [3.8, 4) is 11.3 Å². The number of halogens is 5. The van der Waals surface area contributed by atoms with E-state index in [2.05, 4.69) is 15.0 Å². The quantitative estimate of drug-likeness (QED) is 0.538. The van der Waals surface area contributed by atoms with E-state index in [4.69, 9.17) is 0 Å². The second kappa shape index (κ2) is 6.78. The molecular formula is C17H11F5N4O. The zero-order valence-electron chi connectivity index (χ0n) is 13.7. The van der Waals surface area contributed by atoms with E-state index in [1.807, 2.05) is 0 Å². The van der Waals surface area contributed by atoms with Crippen LogP contribution in [0.25, 0.3) is 11.3 Å². The third-order valence-corrected chi connectivity index (χ3v) is 3.66. The van der Waals surface area contributed by atoms with Gasteiger partial charge in [0.15, 0.2) is 0 Å². The minimum absolute atomic E-state index is 0.0234. The number of H-pyrrole nitrogens is 1. The molecule has 1 aromatic carbocycles. The van der Waals surface area contributed by atoms with Crippen LogP contribution in [0.5, 0.6) is 0 Å². The number of anilines is 2. The van der Waals surface area contributed by atoms with Crippen LogP contribution in [-0.2, 0) is 11.0 Å². The Morgan fingerprint density at radius 2 is 1.78 bits per heavy atom. The summed E-state index contributed by atoms with van der Waals surface area (Å²) in [5.74, 6) is -2.09. The van der Waals surface area contributed by atoms with Gasteiger partial charge in [0.2, 0.25) is 6.41 Å². The molecule has 3 aromatic rings. The van der Waals surface area contributed by atoms with Crippen molar-refractivity contribution in [2.75, 3.05) is 4.90 Å². The van der Waals surface area contributed by atoms with E-state index in [1.54, 1.807) is 0 Å². The standard InChI is InChI=1S/C17H11F5N4O/c1-9-24-14(16(25-9)17(20,21)22)10-5-6-13(23-7-10)26(8-27)15-11(18)3-2-4-12(15)19/h2-8H,1H3,(H,24,25). The van der Waals surface area contributed by atoms with Crippen molar-refractivity contribution in [3.63, 3.8) is 0 Å². The number of carbonyl (C=O) groups is 1. The number of alkyl halides is 3. The SMILES string of the molecule is Cc1nc(-c2ccc(N(C=O)c3c(F)cccc3F)nc2)c(C(F)(F)F)[nH]1. The summed E-state index contributed by atoms with van der Waals surface area (Å²) in [6.45, 7) is 1.37. The average Bonchev–Trinajstić information content (AvgIpc) is 3.01. The molecule has 0 bridgehead atoms. The van der Waals surface area contributed by atoms with Crippen LogP contribution < -0.4 is 4.90 Å². The van der Waals surface area contributed by atoms with Crippen LogP contribution in [0.15, 0.2) is 36.5 Å². The highest BCUT2D eigenvalue weighted by molar-refractivity contribution is 5.85. The summed E-state index contributed by atoms with van der Waals surface area (Å²) in [5.41, 5.74) is -2.02. The number of nitrogens with one attached hydrogen (secondary N) is 1. The number of aromatic nitrogens is 3. The number of hydrogen-bond acceptors (Lipinski definition) is 3. The van der Waals surface area contributed by atoms with Crippen LogP contribution in [0.1, 0.15) is 11.5 Å². The predicted molar refractivity (Wildman–Crippen MR) is 86.1 cm³/mol. The number of nitrogens with zero attached hydrogens (tertiary/aromatic N) is 3. The van der Waals surface area contributed by atoms with E-state index in [9.17, 15) is 26.7 Å². The normalized spacial score (nSPS) is 11.5. The molecular weight excluding hydrogens is 371 g/mol. The van der Waals surface area contributed by atoms with Gasteiger partial charge in [-0.15, -0.1) is 0 Å². The van der Waals surface area contributed by atoms with E-state index in [0.29, 0.717) is 4.90 Å². The first-order chi connectivity index (χ1) is 12.7. The van der Waals surface area contributed by atoms with Gasteiger partial charge in [0.25, 0.3) is 0 Å². The fraction of sp³-hybridized carbons (Fsp3) is 0.118. The Balaban J connectivity index is 2.02. The summed E-state index contributed by atoms with van der Waals surface area (Å²) in [5, 5.41) is 0. The van der Waals surface area contributed by atoms with Crippen molar-refractivity contribution in [3.05, 3.63) is 59.7 Å². The first-order valence-corrected chi connectivity index (χ1v) is 7.51. The van der Waals surface area contributed by atoms with E-state index in [-0.39, 0.29) is 29.3 Å². The summed E-state index contributed by atoms with van der Waals surface area (Å²) < 4.78 is 67.1. The van der Waals surface area contributed by atoms with Gasteiger partial charge >= 0.3 is 6.18 Å². The molecule has 0 saturated heterocycles. The monoisotopic (exact) mass is 382 g/mol. The van der Waals surface area contributed by atoms with Gasteiger partial charge in [-0.2, -0.15) is 13.2 Å². The molecule has 0 atom stereocenters. The molecule has 1 amide bonds. The maximum atomic E-state index is 13.9. The lowest BCUT2D eigenvalue weighted by molar-refractivity contribution is -0.140. The number of pyridine rings is 1. The molecule has 2 aromatic heterocycles. The fourth-order valence-electron chi connectivity index (χ4n) is 2.51. The highest BCUT2D eigenvalue weighted by atomic mass is 19.4. The number of hydrogen-bond donors (Lipinski definition) is 1. The van der Waals surface area contributed by atoms with Gasteiger partial charge in [0, 0.05) is 11.8 Å². The van der Waals surface area contributed by atoms with Crippen molar-refractivity contribution in [1.29, 1.82) is 0 Å². The average molecular weight is 382 g/mol. The number of rotatable bonds is 4. The summed E-state index contributed by atoms with van der Waals surface area (Å²) >= 11 is 0. The molecule has 0 aliphatic carbocycles. The summed E-state index contributed by atoms with van der Waals surface area (Å²) in [4.78, 5) is 21.8. The van der Waals surface area contributed by atoms with Crippen molar-refractivity contribution in [2.24, 2.45) is 0 Å². The third kappa shape index (κ3) is 3.50. The van der Waals surface area contributed by atoms with Crippen LogP contribution in [0, 0.1) is 18.6 Å². The highest BCUT2D eigenvalue weighted by Crippen LogP contribution is 2.36.